The molecular weight excluding hydrogens is 640 g/mol. The predicted octanol–water partition coefficient (Wildman–Crippen LogP) is 5.35. The standard InChI is InChI=1S/C34H52N4O9S/c1-11-13-14-18-45-38(25(21(3)4)19-26(46-23(6)39)28-35-24(20-48-28)30(41)42)29(40)27(22(5)12-2)36-31(43)34(10)16-15-17-37(34)32(44)47-33(7,8)9/h1,20-22,25-27H,12-19H2,2-10H3,(H,36,43)(H,41,42)/t22-,25+,26+,27-,34+/m0/s1. The predicted molar refractivity (Wildman–Crippen MR) is 180 cm³/mol. The van der Waals surface area contributed by atoms with Crippen molar-refractivity contribution in [1.29, 1.82) is 0 Å². The van der Waals surface area contributed by atoms with Gasteiger partial charge in [0, 0.05) is 31.7 Å². The molecule has 0 unspecified atom stereocenters. The topological polar surface area (TPSA) is 165 Å². The zero-order chi connectivity index (χ0) is 36.4. The molecule has 0 bridgehead atoms. The van der Waals surface area contributed by atoms with E-state index in [1.54, 1.807) is 27.7 Å². The molecule has 1 aromatic heterocycles. The van der Waals surface area contributed by atoms with E-state index < -0.39 is 59.2 Å². The molecule has 13 nitrogen and oxygen atoms in total. The summed E-state index contributed by atoms with van der Waals surface area (Å²) in [6, 6.07) is -1.74. The van der Waals surface area contributed by atoms with E-state index in [0.29, 0.717) is 38.6 Å². The Morgan fingerprint density at radius 3 is 2.42 bits per heavy atom. The number of carboxylic acid groups (broad SMARTS) is 1. The molecule has 48 heavy (non-hydrogen) atoms. The van der Waals surface area contributed by atoms with Crippen LogP contribution in [0.15, 0.2) is 5.38 Å². The first-order chi connectivity index (χ1) is 22.4. The highest BCUT2D eigenvalue weighted by Gasteiger charge is 2.49. The summed E-state index contributed by atoms with van der Waals surface area (Å²) in [5, 5.41) is 15.2. The van der Waals surface area contributed by atoms with E-state index in [9.17, 15) is 29.1 Å². The van der Waals surface area contributed by atoms with Gasteiger partial charge in [0.25, 0.3) is 5.91 Å². The smallest absolute Gasteiger partial charge is 0.411 e. The van der Waals surface area contributed by atoms with Gasteiger partial charge in [0.1, 0.15) is 22.2 Å². The van der Waals surface area contributed by atoms with Crippen LogP contribution in [0.4, 0.5) is 4.79 Å². The minimum Gasteiger partial charge on any atom is -0.476 e. The number of unbranched alkanes of at least 4 members (excludes halogenated alkanes) is 1. The minimum absolute atomic E-state index is 0.0377. The number of thiazole rings is 1. The summed E-state index contributed by atoms with van der Waals surface area (Å²) < 4.78 is 11.2. The van der Waals surface area contributed by atoms with Gasteiger partial charge in [0.2, 0.25) is 5.91 Å². The lowest BCUT2D eigenvalue weighted by molar-refractivity contribution is -0.213. The fourth-order valence-corrected chi connectivity index (χ4v) is 6.21. The number of esters is 1. The third kappa shape index (κ3) is 10.9. The maximum Gasteiger partial charge on any atom is 0.411 e. The van der Waals surface area contributed by atoms with Gasteiger partial charge in [-0.25, -0.2) is 19.6 Å². The Morgan fingerprint density at radius 2 is 1.90 bits per heavy atom. The first-order valence-electron chi connectivity index (χ1n) is 16.4. The fraction of sp³-hybridized carbons (Fsp3) is 0.706. The molecule has 1 aliphatic rings. The van der Waals surface area contributed by atoms with Crippen molar-refractivity contribution in [3.8, 4) is 12.3 Å². The van der Waals surface area contributed by atoms with E-state index in [0.717, 1.165) is 11.3 Å². The number of nitrogens with one attached hydrogen (secondary N) is 1. The summed E-state index contributed by atoms with van der Waals surface area (Å²) >= 11 is 1.03. The van der Waals surface area contributed by atoms with Crippen LogP contribution in [0, 0.1) is 24.2 Å². The number of amides is 3. The molecule has 0 aromatic carbocycles. The SMILES string of the molecule is C#CCCCON(C(=O)[C@@H](NC(=O)[C@@]1(C)CCCN1C(=O)OC(C)(C)C)[C@@H](C)CC)[C@H](C[C@@H](OC(C)=O)c1nc(C(=O)O)cs1)C(C)C. The normalized spacial score (nSPS) is 18.7. The molecular formula is C34H52N4O9S. The van der Waals surface area contributed by atoms with Crippen molar-refractivity contribution in [1.82, 2.24) is 20.3 Å². The number of ether oxygens (including phenoxy) is 2. The van der Waals surface area contributed by atoms with Crippen LogP contribution in [0.5, 0.6) is 0 Å². The van der Waals surface area contributed by atoms with Crippen LogP contribution in [0.1, 0.15) is 122 Å². The monoisotopic (exact) mass is 692 g/mol. The van der Waals surface area contributed by atoms with E-state index in [1.165, 1.54) is 22.3 Å². The molecule has 0 aliphatic carbocycles. The number of aromatic nitrogens is 1. The van der Waals surface area contributed by atoms with Crippen LogP contribution in [0.2, 0.25) is 0 Å². The molecule has 1 aromatic rings. The Hall–Kier alpha value is -3.70. The number of carbonyl (C=O) groups excluding carboxylic acids is 4. The molecule has 5 atom stereocenters. The van der Waals surface area contributed by atoms with Crippen LogP contribution in [-0.4, -0.2) is 86.3 Å². The quantitative estimate of drug-likeness (QED) is 0.0998. The van der Waals surface area contributed by atoms with Crippen LogP contribution >= 0.6 is 11.3 Å². The van der Waals surface area contributed by atoms with Gasteiger partial charge in [-0.1, -0.05) is 34.1 Å². The van der Waals surface area contributed by atoms with E-state index in [4.69, 9.17) is 20.7 Å². The lowest BCUT2D eigenvalue weighted by Crippen LogP contribution is -2.62. The van der Waals surface area contributed by atoms with Crippen LogP contribution < -0.4 is 5.32 Å². The van der Waals surface area contributed by atoms with E-state index in [1.807, 2.05) is 27.7 Å². The Kier molecular flexibility index (Phi) is 14.9. The second kappa shape index (κ2) is 17.6. The second-order valence-electron chi connectivity index (χ2n) is 13.7. The van der Waals surface area contributed by atoms with Crippen LogP contribution in [0.25, 0.3) is 0 Å². The van der Waals surface area contributed by atoms with Gasteiger partial charge in [-0.05, 0) is 58.8 Å². The third-order valence-electron chi connectivity index (χ3n) is 8.27. The third-order valence-corrected chi connectivity index (χ3v) is 9.21. The highest BCUT2D eigenvalue weighted by Crippen LogP contribution is 2.34. The number of hydrogen-bond donors (Lipinski definition) is 2. The molecule has 3 amide bonds. The van der Waals surface area contributed by atoms with Crippen molar-refractivity contribution in [2.75, 3.05) is 13.2 Å². The Balaban J connectivity index is 2.51. The number of likely N-dealkylation sites (tertiary alicyclic amines) is 1. The number of nitrogens with zero attached hydrogens (tertiary/aromatic N) is 3. The van der Waals surface area contributed by atoms with Crippen molar-refractivity contribution in [3.63, 3.8) is 0 Å². The summed E-state index contributed by atoms with van der Waals surface area (Å²) in [7, 11) is 0. The summed E-state index contributed by atoms with van der Waals surface area (Å²) in [6.45, 7) is 16.1. The van der Waals surface area contributed by atoms with Crippen molar-refractivity contribution in [2.24, 2.45) is 11.8 Å². The number of terminal acetylenes is 1. The number of carbonyl (C=O) groups is 5. The van der Waals surface area contributed by atoms with Gasteiger partial charge < -0.3 is 19.9 Å². The van der Waals surface area contributed by atoms with Gasteiger partial charge in [-0.2, -0.15) is 0 Å². The van der Waals surface area contributed by atoms with Crippen molar-refractivity contribution in [3.05, 3.63) is 16.1 Å². The Bertz CT molecular complexity index is 1330. The Morgan fingerprint density at radius 1 is 1.23 bits per heavy atom. The van der Waals surface area contributed by atoms with Gasteiger partial charge in [0.15, 0.2) is 11.8 Å². The largest absolute Gasteiger partial charge is 0.476 e. The van der Waals surface area contributed by atoms with E-state index >= 15 is 0 Å². The molecule has 0 spiro atoms. The fourth-order valence-electron chi connectivity index (χ4n) is 5.38. The first kappa shape index (κ1) is 40.5. The minimum atomic E-state index is -1.25. The lowest BCUT2D eigenvalue weighted by atomic mass is 9.92. The maximum atomic E-state index is 14.6. The van der Waals surface area contributed by atoms with Crippen LogP contribution in [0.3, 0.4) is 0 Å². The van der Waals surface area contributed by atoms with Crippen molar-refractivity contribution < 1.29 is 43.4 Å². The molecule has 1 saturated heterocycles. The molecule has 0 saturated carbocycles. The number of hydroxylamine groups is 2. The zero-order valence-corrected chi connectivity index (χ0v) is 30.5. The number of hydrogen-bond acceptors (Lipinski definition) is 10. The molecule has 0 radical (unpaired) electrons. The first-order valence-corrected chi connectivity index (χ1v) is 17.3. The van der Waals surface area contributed by atoms with Gasteiger partial charge in [0.05, 0.1) is 12.6 Å². The molecule has 2 rings (SSSR count). The Labute approximate surface area is 288 Å². The van der Waals surface area contributed by atoms with Gasteiger partial charge >= 0.3 is 18.0 Å². The summed E-state index contributed by atoms with van der Waals surface area (Å²) in [6.07, 6.45) is 6.27. The summed E-state index contributed by atoms with van der Waals surface area (Å²) in [5.74, 6) is -0.867. The molecule has 1 aliphatic heterocycles. The number of aromatic carboxylic acids is 1. The van der Waals surface area contributed by atoms with Crippen molar-refractivity contribution in [2.45, 2.75) is 130 Å². The molecule has 2 heterocycles. The maximum absolute atomic E-state index is 14.6. The molecule has 2 N–H and O–H groups in total. The highest BCUT2D eigenvalue weighted by atomic mass is 32.1. The highest BCUT2D eigenvalue weighted by molar-refractivity contribution is 7.09. The summed E-state index contributed by atoms with van der Waals surface area (Å²) in [5.41, 5.74) is -2.20. The molecule has 1 fully saturated rings. The van der Waals surface area contributed by atoms with Gasteiger partial charge in [-0.3, -0.25) is 24.1 Å². The van der Waals surface area contributed by atoms with Crippen molar-refractivity contribution >= 4 is 41.2 Å². The van der Waals surface area contributed by atoms with E-state index in [-0.39, 0.29) is 35.6 Å². The second-order valence-corrected chi connectivity index (χ2v) is 14.6. The number of carboxylic acids is 1. The average Bonchev–Trinajstić information content (AvgIpc) is 3.65. The lowest BCUT2D eigenvalue weighted by Gasteiger charge is -2.40. The average molecular weight is 693 g/mol. The molecule has 14 heteroatoms. The summed E-state index contributed by atoms with van der Waals surface area (Å²) in [4.78, 5) is 77.1. The van der Waals surface area contributed by atoms with Crippen LogP contribution in [-0.2, 0) is 28.7 Å². The zero-order valence-electron chi connectivity index (χ0n) is 29.7. The molecule has 268 valence electrons. The number of rotatable bonds is 16. The van der Waals surface area contributed by atoms with E-state index in [2.05, 4.69) is 16.2 Å². The van der Waals surface area contributed by atoms with Gasteiger partial charge in [-0.15, -0.1) is 23.7 Å².